The fourth-order valence-corrected chi connectivity index (χ4v) is 4.09. The first-order valence-electron chi connectivity index (χ1n) is 10.7. The maximum atomic E-state index is 12.8. The van der Waals surface area contributed by atoms with Gasteiger partial charge in [-0.1, -0.05) is 17.7 Å². The summed E-state index contributed by atoms with van der Waals surface area (Å²) in [6.07, 6.45) is 0. The van der Waals surface area contributed by atoms with E-state index in [2.05, 4.69) is 34.4 Å². The summed E-state index contributed by atoms with van der Waals surface area (Å²) in [5.41, 5.74) is 5.85. The molecular weight excluding hydrogens is 390 g/mol. The normalized spacial score (nSPS) is 14.6. The van der Waals surface area contributed by atoms with Gasteiger partial charge in [-0.2, -0.15) is 5.10 Å². The van der Waals surface area contributed by atoms with Gasteiger partial charge >= 0.3 is 0 Å². The Kier molecular flexibility index (Phi) is 5.95. The zero-order valence-corrected chi connectivity index (χ0v) is 18.4. The second kappa shape index (κ2) is 8.81. The van der Waals surface area contributed by atoms with Crippen LogP contribution in [0.5, 0.6) is 5.75 Å². The third-order valence-corrected chi connectivity index (χ3v) is 5.93. The summed E-state index contributed by atoms with van der Waals surface area (Å²) in [4.78, 5) is 16.3. The van der Waals surface area contributed by atoms with Crippen molar-refractivity contribution in [3.8, 4) is 11.4 Å². The van der Waals surface area contributed by atoms with Crippen LogP contribution in [0.4, 0.5) is 11.4 Å². The second-order valence-electron chi connectivity index (χ2n) is 8.27. The molecule has 3 aromatic rings. The van der Waals surface area contributed by atoms with Crippen molar-refractivity contribution in [2.75, 3.05) is 42.9 Å². The average Bonchev–Trinajstić information content (AvgIpc) is 3.04. The minimum absolute atomic E-state index is 0.0164. The van der Waals surface area contributed by atoms with Crippen molar-refractivity contribution in [1.82, 2.24) is 9.78 Å². The summed E-state index contributed by atoms with van der Waals surface area (Å²) in [7, 11) is 0. The molecule has 0 atom stereocenters. The number of quaternary nitrogens is 1. The van der Waals surface area contributed by atoms with Gasteiger partial charge in [-0.05, 0) is 57.2 Å². The first-order chi connectivity index (χ1) is 14.9. The molecule has 0 unspecified atom stereocenters. The fraction of sp³-hybridized carbons (Fsp3) is 0.333. The number of amides is 1. The van der Waals surface area contributed by atoms with Gasteiger partial charge in [-0.15, -0.1) is 0 Å². The highest BCUT2D eigenvalue weighted by atomic mass is 16.3. The SMILES string of the molecule is Cc1ccc(-n2nc(C)c(NC(=O)C[NH+]3CCN(c4ccc(O)cc4)CC3)c2C)cc1. The Balaban J connectivity index is 1.35. The van der Waals surface area contributed by atoms with Gasteiger partial charge in [0.2, 0.25) is 0 Å². The van der Waals surface area contributed by atoms with Crippen LogP contribution in [0.1, 0.15) is 17.0 Å². The van der Waals surface area contributed by atoms with E-state index in [1.165, 1.54) is 10.5 Å². The maximum Gasteiger partial charge on any atom is 0.279 e. The van der Waals surface area contributed by atoms with E-state index >= 15 is 0 Å². The monoisotopic (exact) mass is 420 g/mol. The van der Waals surface area contributed by atoms with Gasteiger partial charge in [-0.25, -0.2) is 4.68 Å². The molecular formula is C24H30N5O2+. The van der Waals surface area contributed by atoms with Gasteiger partial charge in [0.25, 0.3) is 5.91 Å². The molecule has 0 radical (unpaired) electrons. The molecule has 1 aliphatic rings. The fourth-order valence-electron chi connectivity index (χ4n) is 4.09. The Hall–Kier alpha value is -3.32. The van der Waals surface area contributed by atoms with Crippen molar-refractivity contribution in [3.05, 3.63) is 65.5 Å². The van der Waals surface area contributed by atoms with Crippen molar-refractivity contribution < 1.29 is 14.8 Å². The predicted molar refractivity (Wildman–Crippen MR) is 122 cm³/mol. The second-order valence-corrected chi connectivity index (χ2v) is 8.27. The van der Waals surface area contributed by atoms with Crippen LogP contribution in [-0.4, -0.2) is 53.5 Å². The quantitative estimate of drug-likeness (QED) is 0.589. The van der Waals surface area contributed by atoms with Gasteiger partial charge in [0, 0.05) is 5.69 Å². The Morgan fingerprint density at radius 3 is 2.26 bits per heavy atom. The van der Waals surface area contributed by atoms with E-state index in [1.807, 2.05) is 42.8 Å². The summed E-state index contributed by atoms with van der Waals surface area (Å²) in [5, 5.41) is 17.2. The van der Waals surface area contributed by atoms with Crippen LogP contribution in [0.25, 0.3) is 5.69 Å². The highest BCUT2D eigenvalue weighted by Gasteiger charge is 2.23. The molecule has 31 heavy (non-hydrogen) atoms. The van der Waals surface area contributed by atoms with E-state index in [9.17, 15) is 9.90 Å². The third kappa shape index (κ3) is 4.72. The standard InChI is InChI=1S/C24H29N5O2/c1-17-4-6-21(7-5-17)29-19(3)24(18(2)26-29)25-23(31)16-27-12-14-28(15-13-27)20-8-10-22(30)11-9-20/h4-11,30H,12-16H2,1-3H3,(H,25,31)/p+1. The molecule has 7 heteroatoms. The number of nitrogens with zero attached hydrogens (tertiary/aromatic N) is 3. The number of phenolic OH excluding ortho intramolecular Hbond substituents is 1. The van der Waals surface area contributed by atoms with E-state index in [0.717, 1.165) is 54.6 Å². The number of nitrogens with one attached hydrogen (secondary N) is 2. The molecule has 4 rings (SSSR count). The number of hydrogen-bond acceptors (Lipinski definition) is 4. The first kappa shape index (κ1) is 20.9. The van der Waals surface area contributed by atoms with Gasteiger partial charge in [-0.3, -0.25) is 4.79 Å². The average molecular weight is 421 g/mol. The maximum absolute atomic E-state index is 12.8. The smallest absolute Gasteiger partial charge is 0.279 e. The van der Waals surface area contributed by atoms with Gasteiger partial charge in [0.05, 0.1) is 48.9 Å². The van der Waals surface area contributed by atoms with Crippen LogP contribution in [0.2, 0.25) is 0 Å². The molecule has 0 saturated carbocycles. The number of aryl methyl sites for hydroxylation is 2. The predicted octanol–water partition coefficient (Wildman–Crippen LogP) is 1.85. The zero-order chi connectivity index (χ0) is 22.0. The van der Waals surface area contributed by atoms with Gasteiger partial charge < -0.3 is 20.2 Å². The highest BCUT2D eigenvalue weighted by Crippen LogP contribution is 2.23. The number of phenols is 1. The molecule has 1 aromatic heterocycles. The molecule has 2 heterocycles. The molecule has 1 aliphatic heterocycles. The molecule has 0 spiro atoms. The summed E-state index contributed by atoms with van der Waals surface area (Å²) >= 11 is 0. The highest BCUT2D eigenvalue weighted by molar-refractivity contribution is 5.92. The number of rotatable bonds is 5. The lowest BCUT2D eigenvalue weighted by molar-refractivity contribution is -0.892. The summed E-state index contributed by atoms with van der Waals surface area (Å²) in [6.45, 7) is 9.98. The van der Waals surface area contributed by atoms with Crippen molar-refractivity contribution in [2.24, 2.45) is 0 Å². The van der Waals surface area contributed by atoms with Crippen LogP contribution in [-0.2, 0) is 4.79 Å². The molecule has 1 fully saturated rings. The lowest BCUT2D eigenvalue weighted by Gasteiger charge is -2.33. The van der Waals surface area contributed by atoms with E-state index in [-0.39, 0.29) is 11.7 Å². The minimum atomic E-state index is 0.0164. The van der Waals surface area contributed by atoms with Gasteiger partial charge in [0.15, 0.2) is 6.54 Å². The molecule has 1 saturated heterocycles. The van der Waals surface area contributed by atoms with Crippen LogP contribution in [0, 0.1) is 20.8 Å². The Labute approximate surface area is 182 Å². The Morgan fingerprint density at radius 2 is 1.61 bits per heavy atom. The van der Waals surface area contributed by atoms with Crippen LogP contribution >= 0.6 is 0 Å². The minimum Gasteiger partial charge on any atom is -0.508 e. The number of anilines is 2. The Bertz CT molecular complexity index is 1050. The summed E-state index contributed by atoms with van der Waals surface area (Å²) in [6, 6.07) is 15.5. The number of hydrogen-bond donors (Lipinski definition) is 3. The number of carbonyl (C=O) groups is 1. The molecule has 3 N–H and O–H groups in total. The van der Waals surface area contributed by atoms with Crippen molar-refractivity contribution in [2.45, 2.75) is 20.8 Å². The van der Waals surface area contributed by atoms with Crippen LogP contribution in [0.3, 0.4) is 0 Å². The van der Waals surface area contributed by atoms with E-state index in [1.54, 1.807) is 12.1 Å². The number of benzene rings is 2. The zero-order valence-electron chi connectivity index (χ0n) is 18.4. The number of aromatic nitrogens is 2. The van der Waals surface area contributed by atoms with E-state index in [4.69, 9.17) is 0 Å². The summed E-state index contributed by atoms with van der Waals surface area (Å²) < 4.78 is 1.88. The topological polar surface area (TPSA) is 74.8 Å². The molecule has 162 valence electrons. The van der Waals surface area contributed by atoms with Gasteiger partial charge in [0.1, 0.15) is 5.75 Å². The lowest BCUT2D eigenvalue weighted by atomic mass is 10.2. The molecule has 1 amide bonds. The van der Waals surface area contributed by atoms with E-state index < -0.39 is 0 Å². The molecule has 2 aromatic carbocycles. The van der Waals surface area contributed by atoms with Crippen molar-refractivity contribution in [1.29, 1.82) is 0 Å². The number of piperazine rings is 1. The summed E-state index contributed by atoms with van der Waals surface area (Å²) in [5.74, 6) is 0.295. The molecule has 7 nitrogen and oxygen atoms in total. The third-order valence-electron chi connectivity index (χ3n) is 5.93. The first-order valence-corrected chi connectivity index (χ1v) is 10.7. The van der Waals surface area contributed by atoms with Crippen LogP contribution in [0.15, 0.2) is 48.5 Å². The van der Waals surface area contributed by atoms with Crippen molar-refractivity contribution >= 4 is 17.3 Å². The van der Waals surface area contributed by atoms with Crippen LogP contribution < -0.4 is 15.1 Å². The lowest BCUT2D eigenvalue weighted by Crippen LogP contribution is -3.15. The molecule has 0 aliphatic carbocycles. The van der Waals surface area contributed by atoms with E-state index in [0.29, 0.717) is 6.54 Å². The van der Waals surface area contributed by atoms with Crippen molar-refractivity contribution in [3.63, 3.8) is 0 Å². The Morgan fingerprint density at radius 1 is 1.00 bits per heavy atom. The largest absolute Gasteiger partial charge is 0.508 e. The number of aromatic hydroxyl groups is 1. The molecule has 0 bridgehead atoms. The number of carbonyl (C=O) groups excluding carboxylic acids is 1.